The van der Waals surface area contributed by atoms with Gasteiger partial charge in [-0.05, 0) is 42.0 Å². The van der Waals surface area contributed by atoms with Gasteiger partial charge in [0.1, 0.15) is 22.6 Å². The topological polar surface area (TPSA) is 145 Å². The Morgan fingerprint density at radius 3 is 2.71 bits per heavy atom. The van der Waals surface area contributed by atoms with Crippen molar-refractivity contribution < 1.29 is 14.3 Å². The fraction of sp³-hybridized carbons (Fsp3) is 0.111. The first-order valence-electron chi connectivity index (χ1n) is 11.8. The second-order valence-electron chi connectivity index (χ2n) is 9.11. The van der Waals surface area contributed by atoms with Crippen LogP contribution in [0.4, 0.5) is 10.1 Å². The molecule has 11 heteroatoms. The van der Waals surface area contributed by atoms with Gasteiger partial charge >= 0.3 is 0 Å². The molecule has 0 saturated heterocycles. The Labute approximate surface area is 215 Å². The van der Waals surface area contributed by atoms with Crippen LogP contribution in [0, 0.1) is 11.7 Å². The zero-order chi connectivity index (χ0) is 26.4. The van der Waals surface area contributed by atoms with E-state index in [1.165, 1.54) is 12.1 Å². The number of pyridine rings is 3. The maximum atomic E-state index is 14.0. The van der Waals surface area contributed by atoms with Crippen LogP contribution in [0.1, 0.15) is 13.8 Å². The van der Waals surface area contributed by atoms with Crippen LogP contribution in [0.15, 0.2) is 61.1 Å². The fourth-order valence-electron chi connectivity index (χ4n) is 4.15. The molecule has 188 valence electrons. The number of carbonyl (C=O) groups is 1. The zero-order valence-electron chi connectivity index (χ0n) is 20.3. The average Bonchev–Trinajstić information content (AvgIpc) is 3.51. The summed E-state index contributed by atoms with van der Waals surface area (Å²) in [6.45, 7) is 3.64. The van der Waals surface area contributed by atoms with Gasteiger partial charge in [0.2, 0.25) is 5.91 Å². The monoisotopic (exact) mass is 508 g/mol. The van der Waals surface area contributed by atoms with Crippen molar-refractivity contribution in [2.24, 2.45) is 5.92 Å². The third-order valence-corrected chi connectivity index (χ3v) is 6.04. The molecule has 5 aromatic heterocycles. The highest BCUT2D eigenvalue weighted by molar-refractivity contribution is 5.95. The lowest BCUT2D eigenvalue weighted by Gasteiger charge is -2.08. The number of anilines is 1. The van der Waals surface area contributed by atoms with Crippen molar-refractivity contribution in [3.63, 3.8) is 0 Å². The van der Waals surface area contributed by atoms with Crippen LogP contribution >= 0.6 is 0 Å². The van der Waals surface area contributed by atoms with Gasteiger partial charge in [0.25, 0.3) is 0 Å². The quantitative estimate of drug-likeness (QED) is 0.254. The SMILES string of the molecule is CC(C)C(=O)Nc1cncc(-c2ccc3[nH]nc(-c4nc5c(-c6cc(O)cc(F)c6)ccnc5[nH]4)c3n2)c1. The van der Waals surface area contributed by atoms with Crippen molar-refractivity contribution in [3.05, 3.63) is 66.9 Å². The average molecular weight is 509 g/mol. The minimum Gasteiger partial charge on any atom is -0.508 e. The summed E-state index contributed by atoms with van der Waals surface area (Å²) in [5, 5.41) is 20.1. The van der Waals surface area contributed by atoms with Gasteiger partial charge in [0.05, 0.1) is 23.1 Å². The number of hydrogen-bond acceptors (Lipinski definition) is 7. The summed E-state index contributed by atoms with van der Waals surface area (Å²) < 4.78 is 14.0. The van der Waals surface area contributed by atoms with Gasteiger partial charge in [-0.1, -0.05) is 13.8 Å². The molecule has 0 fully saturated rings. The Balaban J connectivity index is 1.42. The number of aromatic nitrogens is 7. The standard InChI is InChI=1S/C27H21FN8O2/c1-13(2)27(38)31-17-8-15(11-29-12-17)20-3-4-21-23(32-20)24(36-35-21)26-33-22-19(5-6-30-25(22)34-26)14-7-16(28)10-18(37)9-14/h3-13,37H,1-2H3,(H,31,38)(H,35,36)(H,30,33,34). The van der Waals surface area contributed by atoms with Crippen LogP contribution < -0.4 is 5.32 Å². The van der Waals surface area contributed by atoms with E-state index in [1.807, 2.05) is 32.0 Å². The summed E-state index contributed by atoms with van der Waals surface area (Å²) in [5.41, 5.74) is 5.74. The van der Waals surface area contributed by atoms with E-state index in [0.717, 1.165) is 11.6 Å². The molecular weight excluding hydrogens is 487 g/mol. The highest BCUT2D eigenvalue weighted by Gasteiger charge is 2.18. The third kappa shape index (κ3) is 4.19. The van der Waals surface area contributed by atoms with E-state index in [1.54, 1.807) is 24.7 Å². The first-order valence-corrected chi connectivity index (χ1v) is 11.8. The van der Waals surface area contributed by atoms with Gasteiger partial charge < -0.3 is 15.4 Å². The van der Waals surface area contributed by atoms with E-state index in [4.69, 9.17) is 9.97 Å². The number of benzene rings is 1. The van der Waals surface area contributed by atoms with E-state index >= 15 is 0 Å². The van der Waals surface area contributed by atoms with Crippen LogP contribution in [0.2, 0.25) is 0 Å². The number of phenols is 1. The van der Waals surface area contributed by atoms with Crippen molar-refractivity contribution >= 4 is 33.8 Å². The molecule has 1 aromatic carbocycles. The lowest BCUT2D eigenvalue weighted by molar-refractivity contribution is -0.118. The highest BCUT2D eigenvalue weighted by atomic mass is 19.1. The lowest BCUT2D eigenvalue weighted by atomic mass is 10.1. The largest absolute Gasteiger partial charge is 0.508 e. The molecule has 0 aliphatic rings. The number of fused-ring (bicyclic) bond motifs is 2. The minimum absolute atomic E-state index is 0.101. The number of hydrogen-bond donors (Lipinski definition) is 4. The minimum atomic E-state index is -0.557. The third-order valence-electron chi connectivity index (χ3n) is 6.04. The van der Waals surface area contributed by atoms with E-state index < -0.39 is 5.82 Å². The summed E-state index contributed by atoms with van der Waals surface area (Å²) in [4.78, 5) is 33.4. The first-order chi connectivity index (χ1) is 18.4. The number of halogens is 1. The number of nitrogens with zero attached hydrogens (tertiary/aromatic N) is 5. The van der Waals surface area contributed by atoms with Crippen LogP contribution in [0.25, 0.3) is 56.1 Å². The number of aromatic amines is 2. The molecule has 0 bridgehead atoms. The molecule has 0 saturated carbocycles. The Kier molecular flexibility index (Phi) is 5.52. The Hall–Kier alpha value is -5.19. The molecule has 0 spiro atoms. The van der Waals surface area contributed by atoms with E-state index in [9.17, 15) is 14.3 Å². The number of nitrogens with one attached hydrogen (secondary N) is 3. The summed E-state index contributed by atoms with van der Waals surface area (Å²) >= 11 is 0. The zero-order valence-corrected chi connectivity index (χ0v) is 20.3. The highest BCUT2D eigenvalue weighted by Crippen LogP contribution is 2.32. The van der Waals surface area contributed by atoms with Gasteiger partial charge in [-0.25, -0.2) is 19.3 Å². The molecule has 0 aliphatic carbocycles. The molecule has 6 aromatic rings. The molecule has 4 N–H and O–H groups in total. The second-order valence-corrected chi connectivity index (χ2v) is 9.11. The first kappa shape index (κ1) is 23.2. The molecule has 38 heavy (non-hydrogen) atoms. The van der Waals surface area contributed by atoms with Gasteiger partial charge in [-0.3, -0.25) is 14.9 Å². The normalized spacial score (nSPS) is 11.5. The summed E-state index contributed by atoms with van der Waals surface area (Å²) in [5.74, 6) is -0.577. The smallest absolute Gasteiger partial charge is 0.226 e. The Morgan fingerprint density at radius 2 is 1.89 bits per heavy atom. The molecular formula is C27H21FN8O2. The number of H-pyrrole nitrogens is 2. The van der Waals surface area contributed by atoms with Gasteiger partial charge in [0, 0.05) is 35.5 Å². The maximum Gasteiger partial charge on any atom is 0.226 e. The lowest BCUT2D eigenvalue weighted by Crippen LogP contribution is -2.17. The summed E-state index contributed by atoms with van der Waals surface area (Å²) in [6.07, 6.45) is 4.84. The molecule has 0 aliphatic heterocycles. The molecule has 5 heterocycles. The van der Waals surface area contributed by atoms with Crippen molar-refractivity contribution in [1.29, 1.82) is 0 Å². The van der Waals surface area contributed by atoms with Crippen molar-refractivity contribution in [2.75, 3.05) is 5.32 Å². The fourth-order valence-corrected chi connectivity index (χ4v) is 4.15. The van der Waals surface area contributed by atoms with E-state index in [0.29, 0.717) is 56.2 Å². The molecule has 6 rings (SSSR count). The number of aromatic hydroxyl groups is 1. The van der Waals surface area contributed by atoms with Gasteiger partial charge in [-0.2, -0.15) is 5.10 Å². The summed E-state index contributed by atoms with van der Waals surface area (Å²) in [6, 6.07) is 11.0. The number of amides is 1. The Morgan fingerprint density at radius 1 is 1.03 bits per heavy atom. The molecule has 0 unspecified atom stereocenters. The van der Waals surface area contributed by atoms with E-state index in [-0.39, 0.29) is 17.6 Å². The number of imidazole rings is 1. The van der Waals surface area contributed by atoms with Gasteiger partial charge in [-0.15, -0.1) is 0 Å². The van der Waals surface area contributed by atoms with Gasteiger partial charge in [0.15, 0.2) is 17.2 Å². The van der Waals surface area contributed by atoms with Crippen molar-refractivity contribution in [1.82, 2.24) is 35.1 Å². The number of phenolic OH excluding ortho intramolecular Hbond substituents is 1. The molecule has 1 amide bonds. The molecule has 10 nitrogen and oxygen atoms in total. The predicted octanol–water partition coefficient (Wildman–Crippen LogP) is 5.06. The van der Waals surface area contributed by atoms with Crippen LogP contribution in [0.5, 0.6) is 5.75 Å². The summed E-state index contributed by atoms with van der Waals surface area (Å²) in [7, 11) is 0. The molecule has 0 atom stereocenters. The van der Waals surface area contributed by atoms with Crippen LogP contribution in [-0.4, -0.2) is 46.1 Å². The number of carbonyl (C=O) groups excluding carboxylic acids is 1. The van der Waals surface area contributed by atoms with Crippen molar-refractivity contribution in [3.8, 4) is 39.7 Å². The Bertz CT molecular complexity index is 1820. The number of rotatable bonds is 5. The van der Waals surface area contributed by atoms with E-state index in [2.05, 4.69) is 30.5 Å². The predicted molar refractivity (Wildman–Crippen MR) is 141 cm³/mol. The maximum absolute atomic E-state index is 14.0. The van der Waals surface area contributed by atoms with Crippen LogP contribution in [-0.2, 0) is 4.79 Å². The second kappa shape index (κ2) is 9.04. The van der Waals surface area contributed by atoms with Crippen molar-refractivity contribution in [2.45, 2.75) is 13.8 Å². The molecule has 0 radical (unpaired) electrons. The van der Waals surface area contributed by atoms with Crippen LogP contribution in [0.3, 0.4) is 0 Å².